The highest BCUT2D eigenvalue weighted by Crippen LogP contribution is 2.10. The summed E-state index contributed by atoms with van der Waals surface area (Å²) in [6.07, 6.45) is -1.02. The molecule has 1 rings (SSSR count). The van der Waals surface area contributed by atoms with E-state index in [1.54, 1.807) is 6.92 Å². The molecule has 0 unspecified atom stereocenters. The van der Waals surface area contributed by atoms with Crippen LogP contribution in [0.25, 0.3) is 0 Å². The summed E-state index contributed by atoms with van der Waals surface area (Å²) in [4.78, 5) is 34.1. The van der Waals surface area contributed by atoms with Crippen LogP contribution in [-0.2, 0) is 24.3 Å². The highest BCUT2D eigenvalue weighted by molar-refractivity contribution is 7.89. The van der Waals surface area contributed by atoms with Crippen LogP contribution in [0, 0.1) is 0 Å². The van der Waals surface area contributed by atoms with Gasteiger partial charge in [0, 0.05) is 12.1 Å². The number of sulfonamides is 1. The summed E-state index contributed by atoms with van der Waals surface area (Å²) in [7, 11) is -3.93. The third-order valence-electron chi connectivity index (χ3n) is 3.01. The topological polar surface area (TPSA) is 119 Å². The standard InChI is InChI=1S/C15H20N2O6S/c1-4-16-15(20)11(3)23-14(19)9-17-24(21,22)13-7-5-12(6-8-13)10(2)18/h5-8,11,17H,4,9H2,1-3H3,(H,16,20)/t11-/m0/s1. The van der Waals surface area contributed by atoms with Crippen molar-refractivity contribution >= 4 is 27.7 Å². The molecule has 0 spiro atoms. The fourth-order valence-corrected chi connectivity index (χ4v) is 2.69. The van der Waals surface area contributed by atoms with Crippen molar-refractivity contribution in [3.05, 3.63) is 29.8 Å². The molecule has 8 nitrogen and oxygen atoms in total. The summed E-state index contributed by atoms with van der Waals surface area (Å²) in [5.41, 5.74) is 0.379. The quantitative estimate of drug-likeness (QED) is 0.509. The lowest BCUT2D eigenvalue weighted by Gasteiger charge is -2.13. The van der Waals surface area contributed by atoms with Gasteiger partial charge in [-0.25, -0.2) is 8.42 Å². The Labute approximate surface area is 140 Å². The molecule has 0 aliphatic carbocycles. The second-order valence-corrected chi connectivity index (χ2v) is 6.70. The number of hydrogen-bond donors (Lipinski definition) is 2. The van der Waals surface area contributed by atoms with E-state index in [1.807, 2.05) is 0 Å². The number of ether oxygens (including phenoxy) is 1. The highest BCUT2D eigenvalue weighted by Gasteiger charge is 2.20. The minimum absolute atomic E-state index is 0.0860. The number of nitrogens with one attached hydrogen (secondary N) is 2. The summed E-state index contributed by atoms with van der Waals surface area (Å²) in [6.45, 7) is 4.26. The number of hydrogen-bond acceptors (Lipinski definition) is 6. The molecule has 1 aromatic rings. The van der Waals surface area contributed by atoms with Crippen molar-refractivity contribution < 1.29 is 27.5 Å². The van der Waals surface area contributed by atoms with E-state index >= 15 is 0 Å². The molecule has 0 heterocycles. The number of ketones is 1. The van der Waals surface area contributed by atoms with E-state index in [0.717, 1.165) is 0 Å². The molecule has 0 aromatic heterocycles. The number of esters is 1. The fraction of sp³-hybridized carbons (Fsp3) is 0.400. The zero-order valence-electron chi connectivity index (χ0n) is 13.7. The Hall–Kier alpha value is -2.26. The van der Waals surface area contributed by atoms with Gasteiger partial charge in [-0.05, 0) is 32.9 Å². The third-order valence-corrected chi connectivity index (χ3v) is 4.42. The minimum atomic E-state index is -3.93. The molecule has 1 amide bonds. The van der Waals surface area contributed by atoms with Gasteiger partial charge >= 0.3 is 5.97 Å². The van der Waals surface area contributed by atoms with Crippen molar-refractivity contribution in [2.45, 2.75) is 31.8 Å². The molecule has 0 bridgehead atoms. The molecule has 1 atom stereocenters. The Kier molecular flexibility index (Phi) is 7.05. The molecule has 0 saturated carbocycles. The Bertz CT molecular complexity index is 712. The molecule has 1 aromatic carbocycles. The lowest BCUT2D eigenvalue weighted by Crippen LogP contribution is -2.38. The van der Waals surface area contributed by atoms with E-state index in [4.69, 9.17) is 4.74 Å². The van der Waals surface area contributed by atoms with Crippen LogP contribution >= 0.6 is 0 Å². The van der Waals surface area contributed by atoms with Crippen LogP contribution in [0.1, 0.15) is 31.1 Å². The number of amides is 1. The number of carbonyl (C=O) groups is 3. The maximum absolute atomic E-state index is 12.1. The molecule has 0 radical (unpaired) electrons. The van der Waals surface area contributed by atoms with E-state index in [1.165, 1.54) is 38.1 Å². The molecule has 132 valence electrons. The van der Waals surface area contributed by atoms with Gasteiger partial charge in [-0.1, -0.05) is 12.1 Å². The van der Waals surface area contributed by atoms with Gasteiger partial charge in [-0.3, -0.25) is 14.4 Å². The Morgan fingerprint density at radius 2 is 1.75 bits per heavy atom. The van der Waals surface area contributed by atoms with Crippen LogP contribution in [0.4, 0.5) is 0 Å². The number of Topliss-reactive ketones (excluding diaryl/α,β-unsaturated/α-hetero) is 1. The summed E-state index contributed by atoms with van der Waals surface area (Å²) < 4.78 is 31.0. The molecular weight excluding hydrogens is 336 g/mol. The van der Waals surface area contributed by atoms with E-state index < -0.39 is 34.5 Å². The largest absolute Gasteiger partial charge is 0.452 e. The van der Waals surface area contributed by atoms with Gasteiger partial charge in [0.05, 0.1) is 4.90 Å². The minimum Gasteiger partial charge on any atom is -0.452 e. The summed E-state index contributed by atoms with van der Waals surface area (Å²) in [6, 6.07) is 5.29. The average molecular weight is 356 g/mol. The summed E-state index contributed by atoms with van der Waals surface area (Å²) in [5.74, 6) is -1.53. The van der Waals surface area contributed by atoms with Crippen LogP contribution in [-0.4, -0.2) is 45.3 Å². The number of carbonyl (C=O) groups excluding carboxylic acids is 3. The molecule has 0 fully saturated rings. The normalized spacial score (nSPS) is 12.3. The summed E-state index contributed by atoms with van der Waals surface area (Å²) in [5, 5.41) is 2.48. The first-order valence-corrected chi connectivity index (χ1v) is 8.73. The van der Waals surface area contributed by atoms with Gasteiger partial charge < -0.3 is 10.1 Å². The van der Waals surface area contributed by atoms with Crippen molar-refractivity contribution in [3.8, 4) is 0 Å². The predicted octanol–water partition coefficient (Wildman–Crippen LogP) is 0.235. The van der Waals surface area contributed by atoms with Gasteiger partial charge in [-0.2, -0.15) is 4.72 Å². The van der Waals surface area contributed by atoms with Crippen molar-refractivity contribution in [2.75, 3.05) is 13.1 Å². The second kappa shape index (κ2) is 8.55. The van der Waals surface area contributed by atoms with Crippen LogP contribution < -0.4 is 10.0 Å². The Morgan fingerprint density at radius 3 is 2.25 bits per heavy atom. The van der Waals surface area contributed by atoms with E-state index in [9.17, 15) is 22.8 Å². The first-order valence-electron chi connectivity index (χ1n) is 7.25. The van der Waals surface area contributed by atoms with E-state index in [2.05, 4.69) is 10.0 Å². The van der Waals surface area contributed by atoms with E-state index in [0.29, 0.717) is 12.1 Å². The van der Waals surface area contributed by atoms with Crippen molar-refractivity contribution in [1.29, 1.82) is 0 Å². The molecular formula is C15H20N2O6S. The zero-order valence-corrected chi connectivity index (χ0v) is 14.5. The first-order chi connectivity index (χ1) is 11.2. The van der Waals surface area contributed by atoms with Gasteiger partial charge in [-0.15, -0.1) is 0 Å². The molecule has 9 heteroatoms. The predicted molar refractivity (Wildman–Crippen MR) is 85.9 cm³/mol. The van der Waals surface area contributed by atoms with Gasteiger partial charge in [0.2, 0.25) is 10.0 Å². The molecule has 0 aliphatic rings. The SMILES string of the molecule is CCNC(=O)[C@H](C)OC(=O)CNS(=O)(=O)c1ccc(C(C)=O)cc1. The molecule has 0 saturated heterocycles. The number of likely N-dealkylation sites (N-methyl/N-ethyl adjacent to an activating group) is 1. The molecule has 0 aliphatic heterocycles. The smallest absolute Gasteiger partial charge is 0.321 e. The lowest BCUT2D eigenvalue weighted by atomic mass is 10.2. The summed E-state index contributed by atoms with van der Waals surface area (Å²) >= 11 is 0. The molecule has 24 heavy (non-hydrogen) atoms. The van der Waals surface area contributed by atoms with Crippen LogP contribution in [0.3, 0.4) is 0 Å². The number of rotatable bonds is 8. The Balaban J connectivity index is 2.63. The average Bonchev–Trinajstić information content (AvgIpc) is 2.53. The van der Waals surface area contributed by atoms with Gasteiger partial charge in [0.25, 0.3) is 5.91 Å². The number of benzene rings is 1. The van der Waals surface area contributed by atoms with Crippen LogP contribution in [0.2, 0.25) is 0 Å². The highest BCUT2D eigenvalue weighted by atomic mass is 32.2. The van der Waals surface area contributed by atoms with E-state index in [-0.39, 0.29) is 10.7 Å². The lowest BCUT2D eigenvalue weighted by molar-refractivity contribution is -0.153. The third kappa shape index (κ3) is 5.74. The first kappa shape index (κ1) is 19.8. The van der Waals surface area contributed by atoms with Crippen molar-refractivity contribution in [1.82, 2.24) is 10.0 Å². The van der Waals surface area contributed by atoms with Crippen LogP contribution in [0.5, 0.6) is 0 Å². The Morgan fingerprint density at radius 1 is 1.17 bits per heavy atom. The fourth-order valence-electron chi connectivity index (χ4n) is 1.72. The second-order valence-electron chi connectivity index (χ2n) is 4.93. The van der Waals surface area contributed by atoms with Gasteiger partial charge in [0.15, 0.2) is 11.9 Å². The zero-order chi connectivity index (χ0) is 18.3. The monoisotopic (exact) mass is 356 g/mol. The van der Waals surface area contributed by atoms with Crippen molar-refractivity contribution in [2.24, 2.45) is 0 Å². The molecule has 2 N–H and O–H groups in total. The van der Waals surface area contributed by atoms with Crippen LogP contribution in [0.15, 0.2) is 29.2 Å². The maximum atomic E-state index is 12.1. The van der Waals surface area contributed by atoms with Crippen molar-refractivity contribution in [3.63, 3.8) is 0 Å². The van der Waals surface area contributed by atoms with Gasteiger partial charge in [0.1, 0.15) is 6.54 Å². The maximum Gasteiger partial charge on any atom is 0.321 e.